The summed E-state index contributed by atoms with van der Waals surface area (Å²) in [6, 6.07) is 9.34. The van der Waals surface area contributed by atoms with Gasteiger partial charge in [-0.2, -0.15) is 13.2 Å². The lowest BCUT2D eigenvalue weighted by atomic mass is 9.77. The fourth-order valence-corrected chi connectivity index (χ4v) is 4.68. The van der Waals surface area contributed by atoms with Crippen LogP contribution in [-0.4, -0.2) is 11.7 Å². The highest BCUT2D eigenvalue weighted by Gasteiger charge is 2.40. The van der Waals surface area contributed by atoms with Crippen molar-refractivity contribution >= 4 is 40.6 Å². The molecule has 2 aromatic rings. The molecule has 0 saturated heterocycles. The van der Waals surface area contributed by atoms with Crippen molar-refractivity contribution in [1.29, 1.82) is 0 Å². The van der Waals surface area contributed by atoms with Crippen LogP contribution >= 0.6 is 23.2 Å². The molecule has 0 spiro atoms. The van der Waals surface area contributed by atoms with Gasteiger partial charge in [-0.3, -0.25) is 14.5 Å². The van der Waals surface area contributed by atoms with Crippen molar-refractivity contribution in [3.8, 4) is 0 Å². The van der Waals surface area contributed by atoms with E-state index in [1.807, 2.05) is 0 Å². The monoisotopic (exact) mass is 453 g/mol. The molecule has 0 fully saturated rings. The third kappa shape index (κ3) is 3.74. The predicted octanol–water partition coefficient (Wildman–Crippen LogP) is 6.54. The molecule has 8 heteroatoms. The van der Waals surface area contributed by atoms with Gasteiger partial charge in [0.15, 0.2) is 5.78 Å². The normalized spacial score (nSPS) is 19.9. The Hall–Kier alpha value is -2.31. The largest absolute Gasteiger partial charge is 0.416 e. The van der Waals surface area contributed by atoms with Gasteiger partial charge in [-0.15, -0.1) is 0 Å². The Morgan fingerprint density at radius 2 is 1.67 bits per heavy atom. The minimum absolute atomic E-state index is 0.00700. The molecule has 1 atom stereocenters. The first-order valence-electron chi connectivity index (χ1n) is 9.38. The van der Waals surface area contributed by atoms with Gasteiger partial charge in [0.1, 0.15) is 0 Å². The number of anilines is 1. The van der Waals surface area contributed by atoms with E-state index in [0.717, 1.165) is 12.1 Å². The fraction of sp³-hybridized carbons (Fsp3) is 0.273. The molecule has 1 heterocycles. The second-order valence-corrected chi connectivity index (χ2v) is 8.18. The zero-order valence-corrected chi connectivity index (χ0v) is 17.1. The van der Waals surface area contributed by atoms with Crippen molar-refractivity contribution in [3.05, 3.63) is 74.9 Å². The van der Waals surface area contributed by atoms with Gasteiger partial charge in [0.2, 0.25) is 5.91 Å². The van der Waals surface area contributed by atoms with Crippen LogP contribution < -0.4 is 4.90 Å². The second-order valence-electron chi connectivity index (χ2n) is 7.33. The lowest BCUT2D eigenvalue weighted by molar-refractivity contribution is -0.137. The third-order valence-electron chi connectivity index (χ3n) is 5.47. The first kappa shape index (κ1) is 20.9. The molecule has 2 aromatic carbocycles. The zero-order valence-electron chi connectivity index (χ0n) is 15.6. The number of carbonyl (C=O) groups is 2. The van der Waals surface area contributed by atoms with Crippen molar-refractivity contribution in [3.63, 3.8) is 0 Å². The summed E-state index contributed by atoms with van der Waals surface area (Å²) >= 11 is 12.3. The summed E-state index contributed by atoms with van der Waals surface area (Å²) in [5, 5.41) is 0.815. The Morgan fingerprint density at radius 1 is 0.967 bits per heavy atom. The number of Topliss-reactive ketones (excluding diaryl/α,β-unsaturated/α-hetero) is 1. The van der Waals surface area contributed by atoms with Crippen LogP contribution in [0.1, 0.15) is 42.7 Å². The van der Waals surface area contributed by atoms with Crippen LogP contribution in [0.5, 0.6) is 0 Å². The summed E-state index contributed by atoms with van der Waals surface area (Å²) < 4.78 is 38.7. The van der Waals surface area contributed by atoms with Gasteiger partial charge in [0, 0.05) is 45.8 Å². The summed E-state index contributed by atoms with van der Waals surface area (Å²) in [6.45, 7) is 0. The summed E-state index contributed by atoms with van der Waals surface area (Å²) in [4.78, 5) is 27.3. The number of ketones is 1. The first-order chi connectivity index (χ1) is 14.2. The van der Waals surface area contributed by atoms with Gasteiger partial charge in [-0.05, 0) is 54.8 Å². The number of hydrogen-bond donors (Lipinski definition) is 0. The molecule has 0 aromatic heterocycles. The highest BCUT2D eigenvalue weighted by molar-refractivity contribution is 6.35. The molecule has 3 nitrogen and oxygen atoms in total. The Kier molecular flexibility index (Phi) is 5.41. The number of halogens is 5. The van der Waals surface area contributed by atoms with E-state index in [2.05, 4.69) is 0 Å². The highest BCUT2D eigenvalue weighted by atomic mass is 35.5. The second kappa shape index (κ2) is 7.75. The standard InChI is InChI=1S/C22H16Cl2F3NO2/c23-13-6-9-15(17(24)10-13)16-11-20(30)28(18-2-1-3-19(29)21(16)18)14-7-4-12(5-8-14)22(25,26)27/h4-10,16H,1-3,11H2. The number of allylic oxidation sites excluding steroid dienone is 2. The number of nitrogens with zero attached hydrogens (tertiary/aromatic N) is 1. The van der Waals surface area contributed by atoms with Crippen LogP contribution in [0.2, 0.25) is 10.0 Å². The molecular weight excluding hydrogens is 438 g/mol. The minimum atomic E-state index is -4.47. The average Bonchev–Trinajstić information content (AvgIpc) is 2.67. The van der Waals surface area contributed by atoms with Gasteiger partial charge in [0.25, 0.3) is 0 Å². The number of hydrogen-bond acceptors (Lipinski definition) is 2. The Balaban J connectivity index is 1.81. The quantitative estimate of drug-likeness (QED) is 0.517. The summed E-state index contributed by atoms with van der Waals surface area (Å²) in [7, 11) is 0. The molecule has 0 radical (unpaired) electrons. The molecule has 0 saturated carbocycles. The summed E-state index contributed by atoms with van der Waals surface area (Å²) in [6.07, 6.45) is -3.06. The molecule has 30 heavy (non-hydrogen) atoms. The van der Waals surface area contributed by atoms with Gasteiger partial charge in [0.05, 0.1) is 5.56 Å². The third-order valence-corrected chi connectivity index (χ3v) is 6.03. The van der Waals surface area contributed by atoms with E-state index in [1.165, 1.54) is 17.0 Å². The molecule has 2 aliphatic rings. The van der Waals surface area contributed by atoms with Crippen molar-refractivity contribution in [2.24, 2.45) is 0 Å². The smallest absolute Gasteiger partial charge is 0.294 e. The maximum Gasteiger partial charge on any atom is 0.416 e. The van der Waals surface area contributed by atoms with E-state index >= 15 is 0 Å². The lowest BCUT2D eigenvalue weighted by Crippen LogP contribution is -2.40. The average molecular weight is 454 g/mol. The molecule has 1 unspecified atom stereocenters. The summed E-state index contributed by atoms with van der Waals surface area (Å²) in [5.74, 6) is -0.869. The van der Waals surface area contributed by atoms with Crippen LogP contribution in [0.15, 0.2) is 53.7 Å². The van der Waals surface area contributed by atoms with E-state index in [4.69, 9.17) is 23.2 Å². The number of amides is 1. The van der Waals surface area contributed by atoms with Crippen LogP contribution in [0.3, 0.4) is 0 Å². The van der Waals surface area contributed by atoms with Gasteiger partial charge in [-0.25, -0.2) is 0 Å². The van der Waals surface area contributed by atoms with Gasteiger partial charge >= 0.3 is 6.18 Å². The van der Waals surface area contributed by atoms with E-state index < -0.39 is 17.7 Å². The van der Waals surface area contributed by atoms with E-state index in [9.17, 15) is 22.8 Å². The van der Waals surface area contributed by atoms with Crippen LogP contribution in [0.25, 0.3) is 0 Å². The van der Waals surface area contributed by atoms with Crippen molar-refractivity contribution < 1.29 is 22.8 Å². The number of alkyl halides is 3. The number of carbonyl (C=O) groups excluding carboxylic acids is 2. The minimum Gasteiger partial charge on any atom is -0.294 e. The molecule has 1 amide bonds. The maximum atomic E-state index is 13.1. The topological polar surface area (TPSA) is 37.4 Å². The van der Waals surface area contributed by atoms with Crippen LogP contribution in [0, 0.1) is 0 Å². The van der Waals surface area contributed by atoms with Crippen molar-refractivity contribution in [1.82, 2.24) is 0 Å². The van der Waals surface area contributed by atoms with Crippen molar-refractivity contribution in [2.45, 2.75) is 37.8 Å². The predicted molar refractivity (Wildman–Crippen MR) is 109 cm³/mol. The van der Waals surface area contributed by atoms with Crippen LogP contribution in [-0.2, 0) is 15.8 Å². The lowest BCUT2D eigenvalue weighted by Gasteiger charge is -2.38. The molecule has 4 rings (SSSR count). The Morgan fingerprint density at radius 3 is 2.30 bits per heavy atom. The molecular formula is C22H16Cl2F3NO2. The van der Waals surface area contributed by atoms with E-state index in [0.29, 0.717) is 51.8 Å². The molecule has 0 bridgehead atoms. The van der Waals surface area contributed by atoms with Gasteiger partial charge in [-0.1, -0.05) is 29.3 Å². The van der Waals surface area contributed by atoms with Crippen LogP contribution in [0.4, 0.5) is 18.9 Å². The summed E-state index contributed by atoms with van der Waals surface area (Å²) in [5.41, 5.74) is 1.21. The fourth-order valence-electron chi connectivity index (χ4n) is 4.14. The molecule has 1 aliphatic heterocycles. The Bertz CT molecular complexity index is 1060. The van der Waals surface area contributed by atoms with E-state index in [-0.39, 0.29) is 18.1 Å². The van der Waals surface area contributed by atoms with Crippen molar-refractivity contribution in [2.75, 3.05) is 4.90 Å². The number of rotatable bonds is 2. The van der Waals surface area contributed by atoms with E-state index in [1.54, 1.807) is 18.2 Å². The molecule has 0 N–H and O–H groups in total. The first-order valence-corrected chi connectivity index (χ1v) is 10.1. The Labute approximate surface area is 181 Å². The number of benzene rings is 2. The highest BCUT2D eigenvalue weighted by Crippen LogP contribution is 2.45. The molecule has 1 aliphatic carbocycles. The SMILES string of the molecule is O=C1CCCC2=C1C(c1ccc(Cl)cc1Cl)CC(=O)N2c1ccc(C(F)(F)F)cc1. The molecule has 156 valence electrons. The maximum absolute atomic E-state index is 13.1. The van der Waals surface area contributed by atoms with Gasteiger partial charge < -0.3 is 0 Å². The zero-order chi connectivity index (χ0) is 21.6.